The van der Waals surface area contributed by atoms with Gasteiger partial charge in [0.1, 0.15) is 0 Å². The lowest BCUT2D eigenvalue weighted by Crippen LogP contribution is -2.46. The standard InChI is InChI=1S/C15H16N6O3/c1-10-9-11-12(16-10)3-2-4-13(11)20-15(23)21(18-17-20)14(22)19-5-7-24-8-6-19/h2-4,9,16H,5-8H2,1H3. The number of fused-ring (bicyclic) bond motifs is 1. The predicted octanol–water partition coefficient (Wildman–Crippen LogP) is 0.519. The lowest BCUT2D eigenvalue weighted by Gasteiger charge is -2.25. The smallest absolute Gasteiger partial charge is 0.377 e. The number of benzene rings is 1. The number of tetrazole rings is 1. The number of nitrogens with zero attached hydrogens (tertiary/aromatic N) is 5. The number of carbonyl (C=O) groups is 1. The van der Waals surface area contributed by atoms with E-state index >= 15 is 0 Å². The van der Waals surface area contributed by atoms with Crippen molar-refractivity contribution >= 4 is 16.9 Å². The third-order valence-electron chi connectivity index (χ3n) is 4.05. The number of ether oxygens (including phenoxy) is 1. The molecule has 3 aromatic rings. The van der Waals surface area contributed by atoms with Gasteiger partial charge in [-0.15, -0.1) is 4.68 Å². The third kappa shape index (κ3) is 2.29. The van der Waals surface area contributed by atoms with Gasteiger partial charge in [-0.3, -0.25) is 0 Å². The van der Waals surface area contributed by atoms with Crippen LogP contribution in [0.1, 0.15) is 5.69 Å². The number of carbonyl (C=O) groups excluding carboxylic acids is 1. The van der Waals surface area contributed by atoms with Crippen molar-refractivity contribution < 1.29 is 9.53 Å². The lowest BCUT2D eigenvalue weighted by atomic mass is 10.2. The average Bonchev–Trinajstić information content (AvgIpc) is 3.16. The fourth-order valence-corrected chi connectivity index (χ4v) is 2.87. The second-order valence-corrected chi connectivity index (χ2v) is 5.66. The molecule has 0 aliphatic carbocycles. The molecule has 1 aromatic carbocycles. The van der Waals surface area contributed by atoms with E-state index in [0.29, 0.717) is 32.0 Å². The van der Waals surface area contributed by atoms with Crippen molar-refractivity contribution in [2.75, 3.05) is 26.3 Å². The highest BCUT2D eigenvalue weighted by atomic mass is 16.5. The molecule has 1 aliphatic heterocycles. The lowest BCUT2D eigenvalue weighted by molar-refractivity contribution is 0.0525. The summed E-state index contributed by atoms with van der Waals surface area (Å²) in [6, 6.07) is 6.96. The van der Waals surface area contributed by atoms with Crippen LogP contribution in [0, 0.1) is 6.92 Å². The summed E-state index contributed by atoms with van der Waals surface area (Å²) in [6.45, 7) is 3.72. The highest BCUT2D eigenvalue weighted by Crippen LogP contribution is 2.21. The zero-order chi connectivity index (χ0) is 16.7. The molecule has 0 bridgehead atoms. The Morgan fingerprint density at radius 2 is 2.04 bits per heavy atom. The number of morpholine rings is 1. The predicted molar refractivity (Wildman–Crippen MR) is 85.4 cm³/mol. The molecule has 9 nitrogen and oxygen atoms in total. The zero-order valence-corrected chi connectivity index (χ0v) is 13.1. The molecule has 0 radical (unpaired) electrons. The average molecular weight is 328 g/mol. The number of hydrogen-bond acceptors (Lipinski definition) is 5. The van der Waals surface area contributed by atoms with E-state index in [2.05, 4.69) is 15.4 Å². The van der Waals surface area contributed by atoms with Crippen LogP contribution < -0.4 is 5.69 Å². The Balaban J connectivity index is 1.76. The summed E-state index contributed by atoms with van der Waals surface area (Å²) >= 11 is 0. The maximum atomic E-state index is 12.6. The number of aromatic nitrogens is 5. The minimum atomic E-state index is -0.585. The van der Waals surface area contributed by atoms with E-state index in [0.717, 1.165) is 26.0 Å². The maximum absolute atomic E-state index is 12.6. The summed E-state index contributed by atoms with van der Waals surface area (Å²) in [6.07, 6.45) is 0. The van der Waals surface area contributed by atoms with Gasteiger partial charge in [-0.05, 0) is 35.5 Å². The number of aryl methyl sites for hydroxylation is 1. The molecule has 4 rings (SSSR count). The summed E-state index contributed by atoms with van der Waals surface area (Å²) in [5, 5.41) is 8.49. The van der Waals surface area contributed by atoms with Crippen molar-refractivity contribution in [1.82, 2.24) is 29.7 Å². The van der Waals surface area contributed by atoms with E-state index in [-0.39, 0.29) is 0 Å². The second kappa shape index (κ2) is 5.60. The number of amides is 1. The topological polar surface area (TPSA) is 98.0 Å². The van der Waals surface area contributed by atoms with E-state index < -0.39 is 11.7 Å². The zero-order valence-electron chi connectivity index (χ0n) is 13.1. The summed E-state index contributed by atoms with van der Waals surface area (Å²) < 4.78 is 7.16. The first-order valence-corrected chi connectivity index (χ1v) is 7.66. The molecule has 1 N–H and O–H groups in total. The van der Waals surface area contributed by atoms with E-state index in [1.165, 1.54) is 4.90 Å². The summed E-state index contributed by atoms with van der Waals surface area (Å²) in [5.74, 6) is 0. The molecule has 124 valence electrons. The first-order valence-electron chi connectivity index (χ1n) is 7.66. The van der Waals surface area contributed by atoms with Gasteiger partial charge in [0.05, 0.1) is 18.9 Å². The van der Waals surface area contributed by atoms with E-state index in [4.69, 9.17) is 4.74 Å². The molecule has 0 atom stereocenters. The molecular weight excluding hydrogens is 312 g/mol. The number of H-pyrrole nitrogens is 1. The van der Waals surface area contributed by atoms with Gasteiger partial charge in [0.25, 0.3) is 0 Å². The summed E-state index contributed by atoms with van der Waals surface area (Å²) in [5.41, 5.74) is 1.87. The summed E-state index contributed by atoms with van der Waals surface area (Å²) in [7, 11) is 0. The van der Waals surface area contributed by atoms with Crippen LogP contribution in [0.25, 0.3) is 16.6 Å². The molecule has 9 heteroatoms. The fourth-order valence-electron chi connectivity index (χ4n) is 2.87. The molecular formula is C15H16N6O3. The molecule has 0 unspecified atom stereocenters. The fraction of sp³-hybridized carbons (Fsp3) is 0.333. The third-order valence-corrected chi connectivity index (χ3v) is 4.05. The Morgan fingerprint density at radius 3 is 2.83 bits per heavy atom. The van der Waals surface area contributed by atoms with Crippen LogP contribution in [0.5, 0.6) is 0 Å². The van der Waals surface area contributed by atoms with Gasteiger partial charge in [-0.1, -0.05) is 6.07 Å². The Kier molecular flexibility index (Phi) is 3.42. The van der Waals surface area contributed by atoms with Gasteiger partial charge in [-0.25, -0.2) is 9.59 Å². The van der Waals surface area contributed by atoms with Gasteiger partial charge >= 0.3 is 11.7 Å². The van der Waals surface area contributed by atoms with Crippen LogP contribution in [0.2, 0.25) is 0 Å². The van der Waals surface area contributed by atoms with Gasteiger partial charge in [0.15, 0.2) is 0 Å². The van der Waals surface area contributed by atoms with Crippen molar-refractivity contribution in [2.45, 2.75) is 6.92 Å². The molecule has 1 fully saturated rings. The quantitative estimate of drug-likeness (QED) is 0.657. The SMILES string of the molecule is Cc1cc2c(-n3nnn(C(=O)N4CCOCC4)c3=O)cccc2[nH]1. The summed E-state index contributed by atoms with van der Waals surface area (Å²) in [4.78, 5) is 29.8. The molecule has 24 heavy (non-hydrogen) atoms. The van der Waals surface area contributed by atoms with Gasteiger partial charge < -0.3 is 14.6 Å². The molecule has 3 heterocycles. The Hall–Kier alpha value is -2.94. The number of hydrogen-bond donors (Lipinski definition) is 1. The minimum absolute atomic E-state index is 0.435. The van der Waals surface area contributed by atoms with Gasteiger partial charge in [0.2, 0.25) is 0 Å². The molecule has 1 saturated heterocycles. The van der Waals surface area contributed by atoms with Crippen LogP contribution in [0.15, 0.2) is 29.1 Å². The maximum Gasteiger partial charge on any atom is 0.377 e. The van der Waals surface area contributed by atoms with Gasteiger partial charge in [-0.2, -0.15) is 4.68 Å². The minimum Gasteiger partial charge on any atom is -0.378 e. The van der Waals surface area contributed by atoms with Crippen molar-refractivity contribution in [1.29, 1.82) is 0 Å². The van der Waals surface area contributed by atoms with E-state index in [1.54, 1.807) is 6.07 Å². The first-order chi connectivity index (χ1) is 11.6. The Bertz CT molecular complexity index is 963. The highest BCUT2D eigenvalue weighted by Gasteiger charge is 2.23. The van der Waals surface area contributed by atoms with Crippen LogP contribution in [-0.2, 0) is 4.74 Å². The Labute approximate surface area is 136 Å². The largest absolute Gasteiger partial charge is 0.378 e. The first kappa shape index (κ1) is 14.6. The van der Waals surface area contributed by atoms with E-state index in [1.807, 2.05) is 25.1 Å². The number of aromatic amines is 1. The van der Waals surface area contributed by atoms with E-state index in [9.17, 15) is 9.59 Å². The molecule has 1 amide bonds. The monoisotopic (exact) mass is 328 g/mol. The van der Waals surface area contributed by atoms with Crippen LogP contribution in [0.3, 0.4) is 0 Å². The van der Waals surface area contributed by atoms with Crippen molar-refractivity contribution in [3.63, 3.8) is 0 Å². The number of nitrogens with one attached hydrogen (secondary N) is 1. The second-order valence-electron chi connectivity index (χ2n) is 5.66. The number of rotatable bonds is 1. The highest BCUT2D eigenvalue weighted by molar-refractivity contribution is 5.88. The van der Waals surface area contributed by atoms with Crippen LogP contribution in [-0.4, -0.2) is 62.0 Å². The van der Waals surface area contributed by atoms with Crippen molar-refractivity contribution in [2.24, 2.45) is 0 Å². The van der Waals surface area contributed by atoms with Crippen molar-refractivity contribution in [3.05, 3.63) is 40.4 Å². The van der Waals surface area contributed by atoms with Crippen LogP contribution >= 0.6 is 0 Å². The van der Waals surface area contributed by atoms with Crippen LogP contribution in [0.4, 0.5) is 4.79 Å². The van der Waals surface area contributed by atoms with Gasteiger partial charge in [0, 0.05) is 29.7 Å². The Morgan fingerprint density at radius 1 is 1.25 bits per heavy atom. The van der Waals surface area contributed by atoms with Crippen molar-refractivity contribution in [3.8, 4) is 5.69 Å². The molecule has 1 aliphatic rings. The normalized spacial score (nSPS) is 15.1. The molecule has 0 saturated carbocycles. The molecule has 0 spiro atoms. The molecule has 2 aromatic heterocycles.